The number of hydrogen-bond acceptors (Lipinski definition) is 6. The molecular weight excluding hydrogens is 386 g/mol. The van der Waals surface area contributed by atoms with E-state index in [1.807, 2.05) is 6.26 Å². The van der Waals surface area contributed by atoms with E-state index in [0.717, 1.165) is 56.3 Å². The molecule has 156 valence electrons. The van der Waals surface area contributed by atoms with Crippen LogP contribution < -0.4 is 10.6 Å². The normalized spacial score (nSPS) is 16.2. The fourth-order valence-corrected chi connectivity index (χ4v) is 3.98. The number of nitrogens with one attached hydrogen (secondary N) is 2. The molecule has 0 aromatic carbocycles. The van der Waals surface area contributed by atoms with Gasteiger partial charge in [0, 0.05) is 26.6 Å². The van der Waals surface area contributed by atoms with Crippen molar-refractivity contribution in [3.05, 3.63) is 5.82 Å². The Hall–Kier alpha value is -0.830. The van der Waals surface area contributed by atoms with E-state index >= 15 is 0 Å². The average Bonchev–Trinajstić information content (AvgIpc) is 3.00. The quantitative estimate of drug-likeness (QED) is 0.446. The van der Waals surface area contributed by atoms with Crippen LogP contribution in [0, 0.1) is 11.3 Å². The topological polar surface area (TPSA) is 81.1 Å². The highest BCUT2D eigenvalue weighted by Crippen LogP contribution is 2.29. The second kappa shape index (κ2) is 11.9. The number of amides is 1. The second-order valence-corrected chi connectivity index (χ2v) is 8.20. The molecule has 2 N–H and O–H groups in total. The van der Waals surface area contributed by atoms with Gasteiger partial charge in [0.15, 0.2) is 5.16 Å². The zero-order valence-corrected chi connectivity index (χ0v) is 18.5. The number of aryl methyl sites for hydroxylation is 1. The van der Waals surface area contributed by atoms with Crippen molar-refractivity contribution in [3.8, 4) is 0 Å². The first-order valence-corrected chi connectivity index (χ1v) is 10.7. The molecule has 1 aromatic heterocycles. The van der Waals surface area contributed by atoms with Crippen LogP contribution in [-0.2, 0) is 22.5 Å². The molecule has 1 aliphatic heterocycles. The maximum absolute atomic E-state index is 12.7. The molecule has 9 heteroatoms. The van der Waals surface area contributed by atoms with Crippen molar-refractivity contribution >= 4 is 30.1 Å². The molecule has 1 amide bonds. The van der Waals surface area contributed by atoms with Gasteiger partial charge in [0.05, 0.1) is 12.0 Å². The minimum absolute atomic E-state index is 0. The van der Waals surface area contributed by atoms with Gasteiger partial charge in [0.25, 0.3) is 0 Å². The van der Waals surface area contributed by atoms with E-state index in [4.69, 9.17) is 4.74 Å². The van der Waals surface area contributed by atoms with Crippen molar-refractivity contribution in [2.45, 2.75) is 51.2 Å². The van der Waals surface area contributed by atoms with Crippen LogP contribution in [0.25, 0.3) is 0 Å². The Bertz CT molecular complexity index is 571. The number of nitrogens with zero attached hydrogens (tertiary/aromatic N) is 3. The monoisotopic (exact) mass is 419 g/mol. The molecule has 0 bridgehead atoms. The van der Waals surface area contributed by atoms with Gasteiger partial charge < -0.3 is 19.9 Å². The first-order valence-electron chi connectivity index (χ1n) is 9.46. The Morgan fingerprint density at radius 2 is 2.07 bits per heavy atom. The summed E-state index contributed by atoms with van der Waals surface area (Å²) in [6.45, 7) is 8.19. The highest BCUT2D eigenvalue weighted by atomic mass is 35.5. The number of piperidine rings is 1. The number of aromatic nitrogens is 3. The molecule has 0 aliphatic carbocycles. The van der Waals surface area contributed by atoms with E-state index in [2.05, 4.69) is 39.2 Å². The molecule has 1 saturated heterocycles. The Morgan fingerprint density at radius 1 is 1.37 bits per heavy atom. The van der Waals surface area contributed by atoms with Gasteiger partial charge in [-0.1, -0.05) is 25.6 Å². The molecule has 0 unspecified atom stereocenters. The molecule has 0 atom stereocenters. The lowest BCUT2D eigenvalue weighted by atomic mass is 9.78. The molecule has 1 aliphatic rings. The Labute approximate surface area is 173 Å². The molecule has 27 heavy (non-hydrogen) atoms. The largest absolute Gasteiger partial charge is 0.384 e. The predicted octanol–water partition coefficient (Wildman–Crippen LogP) is 2.14. The van der Waals surface area contributed by atoms with Crippen LogP contribution in [0.5, 0.6) is 0 Å². The lowest BCUT2D eigenvalue weighted by molar-refractivity contribution is -0.136. The van der Waals surface area contributed by atoms with Crippen LogP contribution >= 0.6 is 24.2 Å². The van der Waals surface area contributed by atoms with Crippen LogP contribution in [0.4, 0.5) is 0 Å². The average molecular weight is 420 g/mol. The van der Waals surface area contributed by atoms with E-state index in [9.17, 15) is 4.79 Å². The lowest BCUT2D eigenvalue weighted by Gasteiger charge is -2.35. The number of rotatable bonds is 10. The second-order valence-electron chi connectivity index (χ2n) is 7.43. The summed E-state index contributed by atoms with van der Waals surface area (Å²) in [5.41, 5.74) is -0.385. The number of ether oxygens (including phenoxy) is 1. The zero-order valence-electron chi connectivity index (χ0n) is 16.9. The minimum Gasteiger partial charge on any atom is -0.384 e. The van der Waals surface area contributed by atoms with E-state index in [0.29, 0.717) is 19.1 Å². The Morgan fingerprint density at radius 3 is 2.67 bits per heavy atom. The van der Waals surface area contributed by atoms with Crippen LogP contribution in [0.2, 0.25) is 0 Å². The van der Waals surface area contributed by atoms with Crippen molar-refractivity contribution < 1.29 is 9.53 Å². The van der Waals surface area contributed by atoms with Crippen molar-refractivity contribution in [2.75, 3.05) is 39.6 Å². The maximum Gasteiger partial charge on any atom is 0.228 e. The molecule has 0 radical (unpaired) electrons. The number of carbonyl (C=O) groups excluding carboxylic acids is 1. The van der Waals surface area contributed by atoms with Gasteiger partial charge in [0.1, 0.15) is 5.82 Å². The lowest BCUT2D eigenvalue weighted by Crippen LogP contribution is -2.50. The number of halogens is 1. The first-order chi connectivity index (χ1) is 12.5. The third-order valence-corrected chi connectivity index (χ3v) is 5.52. The summed E-state index contributed by atoms with van der Waals surface area (Å²) in [6.07, 6.45) is 5.36. The van der Waals surface area contributed by atoms with Gasteiger partial charge in [-0.15, -0.1) is 22.6 Å². The molecule has 7 nitrogen and oxygen atoms in total. The van der Waals surface area contributed by atoms with Crippen molar-refractivity contribution in [1.29, 1.82) is 0 Å². The first kappa shape index (κ1) is 24.2. The number of hydrogen-bond donors (Lipinski definition) is 2. The molecule has 2 heterocycles. The highest BCUT2D eigenvalue weighted by molar-refractivity contribution is 7.98. The van der Waals surface area contributed by atoms with Crippen LogP contribution in [0.15, 0.2) is 5.16 Å². The molecular formula is C18H34ClN5O2S. The maximum atomic E-state index is 12.7. The summed E-state index contributed by atoms with van der Waals surface area (Å²) in [5.74, 6) is 1.67. The standard InChI is InChI=1S/C18H33N5O2S.ClH/c1-14(2)12-23-15(21-22-17(23)26-4)6-5-9-20-16(24)18(13-25-3)7-10-19-11-8-18;/h14,19H,5-13H2,1-4H3,(H,20,24);1H. The number of methoxy groups -OCH3 is 1. The van der Waals surface area contributed by atoms with Gasteiger partial charge in [-0.3, -0.25) is 4.79 Å². The van der Waals surface area contributed by atoms with Crippen molar-refractivity contribution in [3.63, 3.8) is 0 Å². The summed E-state index contributed by atoms with van der Waals surface area (Å²) in [5, 5.41) is 16.0. The summed E-state index contributed by atoms with van der Waals surface area (Å²) in [6, 6.07) is 0. The smallest absolute Gasteiger partial charge is 0.228 e. The van der Waals surface area contributed by atoms with E-state index in [-0.39, 0.29) is 23.7 Å². The van der Waals surface area contributed by atoms with Gasteiger partial charge >= 0.3 is 0 Å². The van der Waals surface area contributed by atoms with Gasteiger partial charge in [-0.05, 0) is 44.5 Å². The van der Waals surface area contributed by atoms with E-state index in [1.165, 1.54) is 0 Å². The summed E-state index contributed by atoms with van der Waals surface area (Å²) >= 11 is 1.63. The Kier molecular flexibility index (Phi) is 10.7. The third-order valence-electron chi connectivity index (χ3n) is 4.85. The number of thioether (sulfide) groups is 1. The zero-order chi connectivity index (χ0) is 19.0. The van der Waals surface area contributed by atoms with Crippen LogP contribution in [0.1, 0.15) is 38.9 Å². The van der Waals surface area contributed by atoms with Gasteiger partial charge in [-0.2, -0.15) is 0 Å². The number of carbonyl (C=O) groups is 1. The molecule has 1 aromatic rings. The molecule has 1 fully saturated rings. The van der Waals surface area contributed by atoms with Crippen LogP contribution in [0.3, 0.4) is 0 Å². The predicted molar refractivity (Wildman–Crippen MR) is 112 cm³/mol. The fraction of sp³-hybridized carbons (Fsp3) is 0.833. The minimum atomic E-state index is -0.385. The molecule has 2 rings (SSSR count). The van der Waals surface area contributed by atoms with E-state index < -0.39 is 0 Å². The molecule has 0 spiro atoms. The van der Waals surface area contributed by atoms with Gasteiger partial charge in [0.2, 0.25) is 5.91 Å². The summed E-state index contributed by atoms with van der Waals surface area (Å²) in [7, 11) is 1.67. The summed E-state index contributed by atoms with van der Waals surface area (Å²) < 4.78 is 7.54. The van der Waals surface area contributed by atoms with Crippen LogP contribution in [-0.4, -0.2) is 60.3 Å². The fourth-order valence-electron chi connectivity index (χ4n) is 3.46. The van der Waals surface area contributed by atoms with E-state index in [1.54, 1.807) is 18.9 Å². The summed E-state index contributed by atoms with van der Waals surface area (Å²) in [4.78, 5) is 12.7. The van der Waals surface area contributed by atoms with Crippen molar-refractivity contribution in [1.82, 2.24) is 25.4 Å². The Balaban J connectivity index is 0.00000364. The SMILES string of the molecule is COCC1(C(=O)NCCCc2nnc(SC)n2CC(C)C)CCNCC1.Cl. The highest BCUT2D eigenvalue weighted by Gasteiger charge is 2.39. The molecule has 0 saturated carbocycles. The van der Waals surface area contributed by atoms with Crippen molar-refractivity contribution in [2.24, 2.45) is 11.3 Å². The third kappa shape index (κ3) is 6.62. The van der Waals surface area contributed by atoms with Gasteiger partial charge in [-0.25, -0.2) is 0 Å².